The van der Waals surface area contributed by atoms with Gasteiger partial charge >= 0.3 is 0 Å². The third kappa shape index (κ3) is 0.320. The van der Waals surface area contributed by atoms with Gasteiger partial charge in [0.1, 0.15) is 0 Å². The monoisotopic (exact) mass is 104 g/mol. The van der Waals surface area contributed by atoms with Crippen LogP contribution in [-0.2, 0) is 0 Å². The Morgan fingerprint density at radius 1 is 1.38 bits per heavy atom. The van der Waals surface area contributed by atoms with Gasteiger partial charge in [-0.1, -0.05) is 18.7 Å². The third-order valence-corrected chi connectivity index (χ3v) is 2.06. The van der Waals surface area contributed by atoms with E-state index in [-0.39, 0.29) is 0 Å². The highest BCUT2D eigenvalue weighted by Gasteiger charge is 2.50. The first-order valence-electron chi connectivity index (χ1n) is 2.98. The van der Waals surface area contributed by atoms with Gasteiger partial charge in [-0.2, -0.15) is 0 Å². The minimum Gasteiger partial charge on any atom is -0.133 e. The van der Waals surface area contributed by atoms with Crippen LogP contribution in [0.4, 0.5) is 0 Å². The highest BCUT2D eigenvalue weighted by molar-refractivity contribution is 5.29. The average molecular weight is 104 g/mol. The van der Waals surface area contributed by atoms with E-state index in [2.05, 4.69) is 30.5 Å². The number of fused-ring (bicyclic) bond motifs is 1. The SMILES string of the molecule is C=C=CC1C2C=CC12. The van der Waals surface area contributed by atoms with Crippen molar-refractivity contribution in [3.8, 4) is 0 Å². The van der Waals surface area contributed by atoms with Crippen molar-refractivity contribution in [1.29, 1.82) is 0 Å². The molecular formula is C8H8. The predicted octanol–water partition coefficient (Wildman–Crippen LogP) is 1.76. The summed E-state index contributed by atoms with van der Waals surface area (Å²) in [6.07, 6.45) is 6.61. The summed E-state index contributed by atoms with van der Waals surface area (Å²) in [7, 11) is 0. The minimum atomic E-state index is 0.785. The van der Waals surface area contributed by atoms with Crippen LogP contribution in [0.1, 0.15) is 0 Å². The van der Waals surface area contributed by atoms with Crippen LogP contribution in [0, 0.1) is 17.8 Å². The minimum absolute atomic E-state index is 0.785. The maximum atomic E-state index is 3.53. The average Bonchev–Trinajstić information content (AvgIpc) is 2.07. The normalized spacial score (nSPS) is 46.2. The van der Waals surface area contributed by atoms with Crippen molar-refractivity contribution in [2.75, 3.05) is 0 Å². The van der Waals surface area contributed by atoms with E-state index < -0.39 is 0 Å². The molecule has 2 unspecified atom stereocenters. The molecule has 0 bridgehead atoms. The Labute approximate surface area is 49.2 Å². The highest BCUT2D eigenvalue weighted by Crippen LogP contribution is 2.55. The van der Waals surface area contributed by atoms with Crippen molar-refractivity contribution in [2.24, 2.45) is 17.8 Å². The van der Waals surface area contributed by atoms with Gasteiger partial charge in [0.25, 0.3) is 0 Å². The van der Waals surface area contributed by atoms with Crippen molar-refractivity contribution >= 4 is 0 Å². The van der Waals surface area contributed by atoms with Crippen LogP contribution in [0.3, 0.4) is 0 Å². The second kappa shape index (κ2) is 1.15. The summed E-state index contributed by atoms with van der Waals surface area (Å²) in [6, 6.07) is 0. The molecule has 2 rings (SSSR count). The van der Waals surface area contributed by atoms with Crippen molar-refractivity contribution < 1.29 is 0 Å². The molecule has 0 aliphatic heterocycles. The molecular weight excluding hydrogens is 96.1 g/mol. The zero-order valence-corrected chi connectivity index (χ0v) is 4.67. The Hall–Kier alpha value is -0.740. The van der Waals surface area contributed by atoms with Crippen LogP contribution < -0.4 is 0 Å². The van der Waals surface area contributed by atoms with Crippen molar-refractivity contribution in [3.05, 3.63) is 30.5 Å². The lowest BCUT2D eigenvalue weighted by Crippen LogP contribution is -1.80. The molecule has 0 nitrogen and oxygen atoms in total. The molecule has 0 heteroatoms. The van der Waals surface area contributed by atoms with Gasteiger partial charge in [-0.05, 0) is 23.8 Å². The highest BCUT2D eigenvalue weighted by atomic mass is 14.5. The van der Waals surface area contributed by atoms with Gasteiger partial charge in [0.15, 0.2) is 0 Å². The fraction of sp³-hybridized carbons (Fsp3) is 0.375. The van der Waals surface area contributed by atoms with Gasteiger partial charge in [-0.25, -0.2) is 0 Å². The van der Waals surface area contributed by atoms with Gasteiger partial charge in [0, 0.05) is 0 Å². The molecule has 0 saturated heterocycles. The largest absolute Gasteiger partial charge is 0.133 e. The summed E-state index contributed by atoms with van der Waals surface area (Å²) in [5.74, 6) is 2.54. The first-order chi connectivity index (χ1) is 3.93. The second-order valence-corrected chi connectivity index (χ2v) is 2.49. The number of hydrogen-bond acceptors (Lipinski definition) is 0. The van der Waals surface area contributed by atoms with E-state index in [4.69, 9.17) is 0 Å². The summed E-state index contributed by atoms with van der Waals surface area (Å²) in [5.41, 5.74) is 2.82. The Bertz CT molecular complexity index is 170. The van der Waals surface area contributed by atoms with E-state index in [1.807, 2.05) is 0 Å². The maximum absolute atomic E-state index is 3.53. The zero-order valence-electron chi connectivity index (χ0n) is 4.67. The first kappa shape index (κ1) is 4.17. The molecule has 0 aromatic heterocycles. The summed E-state index contributed by atoms with van der Waals surface area (Å²) >= 11 is 0. The molecule has 1 saturated carbocycles. The molecule has 0 heterocycles. The molecule has 8 heavy (non-hydrogen) atoms. The number of rotatable bonds is 1. The van der Waals surface area contributed by atoms with E-state index in [0.717, 1.165) is 17.8 Å². The fourth-order valence-electron chi connectivity index (χ4n) is 1.37. The molecule has 40 valence electrons. The maximum Gasteiger partial charge on any atom is -0.00201 e. The Morgan fingerprint density at radius 2 is 2.00 bits per heavy atom. The van der Waals surface area contributed by atoms with Gasteiger partial charge < -0.3 is 0 Å². The van der Waals surface area contributed by atoms with Gasteiger partial charge in [0.05, 0.1) is 0 Å². The predicted molar refractivity (Wildman–Crippen MR) is 33.3 cm³/mol. The van der Waals surface area contributed by atoms with Gasteiger partial charge in [-0.15, -0.1) is 5.73 Å². The summed E-state index contributed by atoms with van der Waals surface area (Å²) in [4.78, 5) is 0. The Balaban J connectivity index is 2.09. The van der Waals surface area contributed by atoms with Gasteiger partial charge in [-0.3, -0.25) is 0 Å². The topological polar surface area (TPSA) is 0 Å². The van der Waals surface area contributed by atoms with E-state index >= 15 is 0 Å². The lowest BCUT2D eigenvalue weighted by molar-refractivity contribution is 0.907. The summed E-state index contributed by atoms with van der Waals surface area (Å²) in [6.45, 7) is 3.53. The van der Waals surface area contributed by atoms with Crippen LogP contribution >= 0.6 is 0 Å². The molecule has 0 amide bonds. The van der Waals surface area contributed by atoms with Crippen LogP contribution in [-0.4, -0.2) is 0 Å². The van der Waals surface area contributed by atoms with Crippen molar-refractivity contribution in [1.82, 2.24) is 0 Å². The smallest absolute Gasteiger partial charge is 0.00201 e. The Kier molecular flexibility index (Phi) is 0.601. The molecule has 0 spiro atoms. The lowest BCUT2D eigenvalue weighted by atomic mass is 10.1. The van der Waals surface area contributed by atoms with Gasteiger partial charge in [0.2, 0.25) is 0 Å². The molecule has 2 aliphatic carbocycles. The van der Waals surface area contributed by atoms with E-state index in [1.54, 1.807) is 0 Å². The summed E-state index contributed by atoms with van der Waals surface area (Å²) < 4.78 is 0. The third-order valence-electron chi connectivity index (χ3n) is 2.06. The number of allylic oxidation sites excluding steroid dienone is 3. The molecule has 1 fully saturated rings. The van der Waals surface area contributed by atoms with E-state index in [1.165, 1.54) is 0 Å². The first-order valence-corrected chi connectivity index (χ1v) is 2.98. The van der Waals surface area contributed by atoms with E-state index in [9.17, 15) is 0 Å². The molecule has 2 aliphatic rings. The van der Waals surface area contributed by atoms with Crippen LogP contribution in [0.2, 0.25) is 0 Å². The second-order valence-electron chi connectivity index (χ2n) is 2.49. The molecule has 0 aromatic rings. The lowest BCUT2D eigenvalue weighted by Gasteiger charge is -1.90. The fourth-order valence-corrected chi connectivity index (χ4v) is 1.37. The van der Waals surface area contributed by atoms with Crippen molar-refractivity contribution in [2.45, 2.75) is 0 Å². The summed E-state index contributed by atoms with van der Waals surface area (Å²) in [5, 5.41) is 0. The molecule has 0 N–H and O–H groups in total. The van der Waals surface area contributed by atoms with E-state index in [0.29, 0.717) is 0 Å². The quantitative estimate of drug-likeness (QED) is 0.351. The zero-order chi connectivity index (χ0) is 5.56. The Morgan fingerprint density at radius 3 is 2.38 bits per heavy atom. The molecule has 2 atom stereocenters. The standard InChI is InChI=1S/C8H8/c1-2-3-6-7-4-5-8(6)7/h3-8H,1H2. The van der Waals surface area contributed by atoms with Crippen LogP contribution in [0.25, 0.3) is 0 Å². The molecule has 0 radical (unpaired) electrons. The molecule has 0 aromatic carbocycles. The van der Waals surface area contributed by atoms with Crippen LogP contribution in [0.5, 0.6) is 0 Å². The van der Waals surface area contributed by atoms with Crippen LogP contribution in [0.15, 0.2) is 30.5 Å². The number of hydrogen-bond donors (Lipinski definition) is 0. The van der Waals surface area contributed by atoms with Crippen molar-refractivity contribution in [3.63, 3.8) is 0 Å².